The number of furan rings is 1. The van der Waals surface area contributed by atoms with Crippen molar-refractivity contribution in [1.82, 2.24) is 0 Å². The van der Waals surface area contributed by atoms with E-state index in [1.54, 1.807) is 13.0 Å². The number of aryl methyl sites for hydroxylation is 1. The fraction of sp³-hybridized carbons (Fsp3) is 0.231. The highest BCUT2D eigenvalue weighted by Crippen LogP contribution is 2.38. The first-order chi connectivity index (χ1) is 8.41. The first-order valence-corrected chi connectivity index (χ1v) is 5.29. The summed E-state index contributed by atoms with van der Waals surface area (Å²) >= 11 is 0. The zero-order chi connectivity index (χ0) is 13.3. The van der Waals surface area contributed by atoms with Crippen molar-refractivity contribution >= 4 is 0 Å². The molecule has 0 aliphatic rings. The molecule has 0 atom stereocenters. The average Bonchev–Trinajstić information content (AvgIpc) is 2.74. The van der Waals surface area contributed by atoms with Crippen LogP contribution in [0.4, 0.5) is 13.2 Å². The molecule has 2 aromatic rings. The van der Waals surface area contributed by atoms with E-state index < -0.39 is 18.3 Å². The largest absolute Gasteiger partial charge is 0.461 e. The molecule has 2 nitrogen and oxygen atoms in total. The molecule has 18 heavy (non-hydrogen) atoms. The second-order valence-corrected chi connectivity index (χ2v) is 3.95. The molecule has 5 heteroatoms. The summed E-state index contributed by atoms with van der Waals surface area (Å²) in [6.45, 7) is 1.24. The molecule has 0 bridgehead atoms. The Bertz CT molecular complexity index is 556. The van der Waals surface area contributed by atoms with E-state index in [2.05, 4.69) is 0 Å². The van der Waals surface area contributed by atoms with Crippen LogP contribution in [-0.4, -0.2) is 5.11 Å². The van der Waals surface area contributed by atoms with Gasteiger partial charge in [-0.25, -0.2) is 0 Å². The van der Waals surface area contributed by atoms with E-state index in [9.17, 15) is 13.2 Å². The van der Waals surface area contributed by atoms with Gasteiger partial charge in [-0.15, -0.1) is 0 Å². The Kier molecular flexibility index (Phi) is 3.17. The standard InChI is InChI=1S/C13H11F3O2/c1-8-2-5-12(18-8)10-4-3-9(7-17)6-11(10)13(14,15)16/h2-6,17H,7H2,1H3. The number of rotatable bonds is 2. The highest BCUT2D eigenvalue weighted by Gasteiger charge is 2.34. The molecule has 0 saturated heterocycles. The molecule has 0 saturated carbocycles. The molecule has 0 unspecified atom stereocenters. The molecule has 1 heterocycles. The highest BCUT2D eigenvalue weighted by atomic mass is 19.4. The highest BCUT2D eigenvalue weighted by molar-refractivity contribution is 5.64. The van der Waals surface area contributed by atoms with Crippen molar-refractivity contribution in [3.05, 3.63) is 47.2 Å². The monoisotopic (exact) mass is 256 g/mol. The van der Waals surface area contributed by atoms with E-state index in [0.29, 0.717) is 5.76 Å². The number of aliphatic hydroxyl groups is 1. The van der Waals surface area contributed by atoms with E-state index in [4.69, 9.17) is 9.52 Å². The van der Waals surface area contributed by atoms with Crippen molar-refractivity contribution in [3.8, 4) is 11.3 Å². The molecule has 0 fully saturated rings. The van der Waals surface area contributed by atoms with Crippen LogP contribution in [0, 0.1) is 6.92 Å². The summed E-state index contributed by atoms with van der Waals surface area (Å²) < 4.78 is 44.0. The fourth-order valence-electron chi connectivity index (χ4n) is 1.72. The lowest BCUT2D eigenvalue weighted by Gasteiger charge is -2.12. The number of hydrogen-bond donors (Lipinski definition) is 1. The Balaban J connectivity index is 2.60. The maximum Gasteiger partial charge on any atom is 0.417 e. The van der Waals surface area contributed by atoms with Gasteiger partial charge in [-0.3, -0.25) is 0 Å². The van der Waals surface area contributed by atoms with Crippen LogP contribution >= 0.6 is 0 Å². The van der Waals surface area contributed by atoms with E-state index in [0.717, 1.165) is 6.07 Å². The molecule has 96 valence electrons. The van der Waals surface area contributed by atoms with E-state index >= 15 is 0 Å². The van der Waals surface area contributed by atoms with Gasteiger partial charge in [-0.1, -0.05) is 12.1 Å². The van der Waals surface area contributed by atoms with Gasteiger partial charge in [0.15, 0.2) is 0 Å². The van der Waals surface area contributed by atoms with Crippen molar-refractivity contribution in [2.45, 2.75) is 19.7 Å². The van der Waals surface area contributed by atoms with Crippen molar-refractivity contribution in [1.29, 1.82) is 0 Å². The zero-order valence-corrected chi connectivity index (χ0v) is 9.58. The summed E-state index contributed by atoms with van der Waals surface area (Å²) in [4.78, 5) is 0. The quantitative estimate of drug-likeness (QED) is 0.887. The number of alkyl halides is 3. The van der Waals surface area contributed by atoms with Gasteiger partial charge in [0.25, 0.3) is 0 Å². The van der Waals surface area contributed by atoms with Crippen LogP contribution in [0.1, 0.15) is 16.9 Å². The predicted octanol–water partition coefficient (Wildman–Crippen LogP) is 3.77. The van der Waals surface area contributed by atoms with Gasteiger partial charge < -0.3 is 9.52 Å². The minimum Gasteiger partial charge on any atom is -0.461 e. The lowest BCUT2D eigenvalue weighted by molar-refractivity contribution is -0.137. The Morgan fingerprint density at radius 1 is 1.17 bits per heavy atom. The van der Waals surface area contributed by atoms with Crippen molar-refractivity contribution in [2.24, 2.45) is 0 Å². The molecule has 1 aromatic heterocycles. The maximum absolute atomic E-state index is 12.9. The zero-order valence-electron chi connectivity index (χ0n) is 9.58. The molecule has 1 aromatic carbocycles. The first-order valence-electron chi connectivity index (χ1n) is 5.29. The molecule has 0 aliphatic heterocycles. The Morgan fingerprint density at radius 3 is 2.39 bits per heavy atom. The molecule has 2 rings (SSSR count). The third kappa shape index (κ3) is 2.41. The predicted molar refractivity (Wildman–Crippen MR) is 59.8 cm³/mol. The molecule has 1 N–H and O–H groups in total. The van der Waals surface area contributed by atoms with Crippen LogP contribution in [-0.2, 0) is 12.8 Å². The smallest absolute Gasteiger partial charge is 0.417 e. The second-order valence-electron chi connectivity index (χ2n) is 3.95. The van der Waals surface area contributed by atoms with E-state index in [1.165, 1.54) is 18.2 Å². The summed E-state index contributed by atoms with van der Waals surface area (Å²) in [5, 5.41) is 8.90. The van der Waals surface area contributed by atoms with Crippen molar-refractivity contribution < 1.29 is 22.7 Å². The summed E-state index contributed by atoms with van der Waals surface area (Å²) in [6, 6.07) is 6.80. The van der Waals surface area contributed by atoms with E-state index in [1.807, 2.05) is 0 Å². The van der Waals surface area contributed by atoms with Crippen LogP contribution in [0.15, 0.2) is 34.7 Å². The topological polar surface area (TPSA) is 33.4 Å². The Morgan fingerprint density at radius 2 is 1.89 bits per heavy atom. The minimum absolute atomic E-state index is 0.0206. The van der Waals surface area contributed by atoms with Crippen LogP contribution < -0.4 is 0 Å². The van der Waals surface area contributed by atoms with Crippen LogP contribution in [0.3, 0.4) is 0 Å². The van der Waals surface area contributed by atoms with Gasteiger partial charge in [0.1, 0.15) is 11.5 Å². The van der Waals surface area contributed by atoms with Crippen LogP contribution in [0.2, 0.25) is 0 Å². The average molecular weight is 256 g/mol. The molecule has 0 radical (unpaired) electrons. The molecule has 0 aliphatic carbocycles. The Labute approximate surface area is 102 Å². The fourth-order valence-corrected chi connectivity index (χ4v) is 1.72. The molecular formula is C13H11F3O2. The van der Waals surface area contributed by atoms with Crippen LogP contribution in [0.5, 0.6) is 0 Å². The van der Waals surface area contributed by atoms with Gasteiger partial charge in [0.05, 0.1) is 12.2 Å². The molecule has 0 amide bonds. The second kappa shape index (κ2) is 4.49. The van der Waals surface area contributed by atoms with Gasteiger partial charge in [-0.05, 0) is 30.7 Å². The third-order valence-corrected chi connectivity index (χ3v) is 2.58. The summed E-state index contributed by atoms with van der Waals surface area (Å²) in [5.74, 6) is 0.716. The first kappa shape index (κ1) is 12.7. The number of benzene rings is 1. The van der Waals surface area contributed by atoms with Crippen molar-refractivity contribution in [3.63, 3.8) is 0 Å². The van der Waals surface area contributed by atoms with Crippen molar-refractivity contribution in [2.75, 3.05) is 0 Å². The molecular weight excluding hydrogens is 245 g/mol. The van der Waals surface area contributed by atoms with Crippen LogP contribution in [0.25, 0.3) is 11.3 Å². The Hall–Kier alpha value is -1.75. The van der Waals surface area contributed by atoms with Gasteiger partial charge in [0.2, 0.25) is 0 Å². The number of halogens is 3. The lowest BCUT2D eigenvalue weighted by Crippen LogP contribution is -2.08. The SMILES string of the molecule is Cc1ccc(-c2ccc(CO)cc2C(F)(F)F)o1. The summed E-state index contributed by atoms with van der Waals surface area (Å²) in [6.07, 6.45) is -4.48. The van der Waals surface area contributed by atoms with Gasteiger partial charge >= 0.3 is 6.18 Å². The summed E-state index contributed by atoms with van der Waals surface area (Å²) in [5.41, 5.74) is -0.606. The van der Waals surface area contributed by atoms with Gasteiger partial charge in [-0.2, -0.15) is 13.2 Å². The number of hydrogen-bond acceptors (Lipinski definition) is 2. The lowest BCUT2D eigenvalue weighted by atomic mass is 10.0. The third-order valence-electron chi connectivity index (χ3n) is 2.58. The van der Waals surface area contributed by atoms with Gasteiger partial charge in [0, 0.05) is 5.56 Å². The molecule has 0 spiro atoms. The number of aliphatic hydroxyl groups excluding tert-OH is 1. The van der Waals surface area contributed by atoms with E-state index in [-0.39, 0.29) is 16.9 Å². The summed E-state index contributed by atoms with van der Waals surface area (Å²) in [7, 11) is 0. The normalized spacial score (nSPS) is 11.8. The maximum atomic E-state index is 12.9. The minimum atomic E-state index is -4.48.